The van der Waals surface area contributed by atoms with Crippen LogP contribution < -0.4 is 0 Å². The lowest BCUT2D eigenvalue weighted by atomic mass is 10.1. The van der Waals surface area contributed by atoms with Gasteiger partial charge < -0.3 is 0 Å². The summed E-state index contributed by atoms with van der Waals surface area (Å²) in [4.78, 5) is 4.08. The zero-order valence-corrected chi connectivity index (χ0v) is 5.19. The Bertz CT molecular complexity index is 95.3. The Morgan fingerprint density at radius 1 is 1.00 bits per heavy atom. The van der Waals surface area contributed by atoms with Gasteiger partial charge in [0.2, 0.25) is 0 Å². The molecule has 0 saturated heterocycles. The van der Waals surface area contributed by atoms with Crippen LogP contribution in [0.15, 0.2) is 0 Å². The van der Waals surface area contributed by atoms with Gasteiger partial charge in [0.1, 0.15) is 0 Å². The van der Waals surface area contributed by atoms with Crippen molar-refractivity contribution < 1.29 is 0 Å². The molecular formula is C7H12N+. The maximum Gasteiger partial charge on any atom is 0.272 e. The van der Waals surface area contributed by atoms with E-state index in [1.807, 2.05) is 0 Å². The fourth-order valence-corrected chi connectivity index (χ4v) is 0.907. The molecule has 44 valence electrons. The Hall–Kier alpha value is -0.510. The van der Waals surface area contributed by atoms with Crippen LogP contribution in [0, 0.1) is 6.07 Å². The van der Waals surface area contributed by atoms with Crippen molar-refractivity contribution in [1.29, 1.82) is 0 Å². The summed E-state index contributed by atoms with van der Waals surface area (Å²) in [6.45, 7) is 1.01. The van der Waals surface area contributed by atoms with Crippen molar-refractivity contribution >= 4 is 0 Å². The molecule has 0 N–H and O–H groups in total. The van der Waals surface area contributed by atoms with Gasteiger partial charge in [-0.15, -0.1) is 0 Å². The van der Waals surface area contributed by atoms with E-state index < -0.39 is 0 Å². The van der Waals surface area contributed by atoms with E-state index in [2.05, 4.69) is 10.9 Å². The molecule has 0 unspecified atom stereocenters. The van der Waals surface area contributed by atoms with Gasteiger partial charge in [-0.25, -0.2) is 0 Å². The first kappa shape index (κ1) is 5.62. The molecule has 0 bridgehead atoms. The van der Waals surface area contributed by atoms with Gasteiger partial charge in [0.15, 0.2) is 0 Å². The second kappa shape index (κ2) is 3.49. The summed E-state index contributed by atoms with van der Waals surface area (Å²) in [5.74, 6) is 0. The molecule has 0 radical (unpaired) electrons. The highest BCUT2D eigenvalue weighted by atomic mass is 14.6. The Labute approximate surface area is 50.5 Å². The van der Waals surface area contributed by atoms with Crippen LogP contribution in [0.3, 0.4) is 0 Å². The van der Waals surface area contributed by atoms with Gasteiger partial charge in [-0.3, -0.25) is 0 Å². The van der Waals surface area contributed by atoms with Crippen LogP contribution in [0.25, 0.3) is 4.85 Å². The zero-order valence-electron chi connectivity index (χ0n) is 5.19. The molecule has 1 nitrogen and oxygen atoms in total. The number of hydrogen-bond donors (Lipinski definition) is 0. The molecule has 0 aliphatic carbocycles. The summed E-state index contributed by atoms with van der Waals surface area (Å²) in [6.07, 6.45) is 6.39. The van der Waals surface area contributed by atoms with Gasteiger partial charge in [-0.05, 0) is 12.8 Å². The van der Waals surface area contributed by atoms with Crippen molar-refractivity contribution in [3.63, 3.8) is 0 Å². The van der Waals surface area contributed by atoms with E-state index in [4.69, 9.17) is 0 Å². The Morgan fingerprint density at radius 2 is 1.88 bits per heavy atom. The second-order valence-corrected chi connectivity index (χ2v) is 2.20. The van der Waals surface area contributed by atoms with E-state index in [0.717, 1.165) is 13.0 Å². The van der Waals surface area contributed by atoms with Crippen molar-refractivity contribution in [3.8, 4) is 6.07 Å². The molecule has 8 heavy (non-hydrogen) atoms. The third-order valence-corrected chi connectivity index (χ3v) is 1.42. The minimum atomic E-state index is 1.01. The monoisotopic (exact) mass is 110 g/mol. The van der Waals surface area contributed by atoms with Crippen LogP contribution in [-0.2, 0) is 0 Å². The van der Waals surface area contributed by atoms with Crippen molar-refractivity contribution in [1.82, 2.24) is 0 Å². The highest BCUT2D eigenvalue weighted by Crippen LogP contribution is 2.04. The van der Waals surface area contributed by atoms with E-state index in [0.29, 0.717) is 0 Å². The van der Waals surface area contributed by atoms with Gasteiger partial charge in [0.25, 0.3) is 12.6 Å². The van der Waals surface area contributed by atoms with Crippen molar-refractivity contribution in [3.05, 3.63) is 4.85 Å². The summed E-state index contributed by atoms with van der Waals surface area (Å²) in [6, 6.07) is 3.01. The Balaban J connectivity index is 2.24. The summed E-state index contributed by atoms with van der Waals surface area (Å²) < 4.78 is 0. The van der Waals surface area contributed by atoms with Crippen LogP contribution in [0.5, 0.6) is 0 Å². The zero-order chi connectivity index (χ0) is 5.66. The molecule has 0 fully saturated rings. The first-order valence-electron chi connectivity index (χ1n) is 3.39. The van der Waals surface area contributed by atoms with Crippen LogP contribution >= 0.6 is 0 Å². The van der Waals surface area contributed by atoms with Crippen molar-refractivity contribution in [2.75, 3.05) is 6.54 Å². The molecule has 0 amide bonds. The second-order valence-electron chi connectivity index (χ2n) is 2.20. The quantitative estimate of drug-likeness (QED) is 0.450. The average molecular weight is 110 g/mol. The highest BCUT2D eigenvalue weighted by Gasteiger charge is 1.97. The average Bonchev–Trinajstić information content (AvgIpc) is 1.62. The highest BCUT2D eigenvalue weighted by molar-refractivity contribution is 4.87. The number of rotatable bonds is 0. The van der Waals surface area contributed by atoms with Gasteiger partial charge in [0, 0.05) is 6.42 Å². The maximum absolute atomic E-state index is 4.08. The molecule has 0 aromatic rings. The third kappa shape index (κ3) is 1.97. The first-order valence-corrected chi connectivity index (χ1v) is 3.39. The van der Waals surface area contributed by atoms with Crippen LogP contribution in [0.2, 0.25) is 0 Å². The summed E-state index contributed by atoms with van der Waals surface area (Å²) in [5, 5.41) is 0. The summed E-state index contributed by atoms with van der Waals surface area (Å²) in [5.41, 5.74) is 0. The van der Waals surface area contributed by atoms with Gasteiger partial charge in [0.05, 0.1) is 6.42 Å². The predicted molar refractivity (Wildman–Crippen MR) is 35.2 cm³/mol. The molecule has 1 rings (SSSR count). The minimum absolute atomic E-state index is 1.01. The van der Waals surface area contributed by atoms with Crippen molar-refractivity contribution in [2.24, 2.45) is 0 Å². The fraction of sp³-hybridized carbons (Fsp3) is 0.857. The summed E-state index contributed by atoms with van der Waals surface area (Å²) in [7, 11) is 0. The lowest BCUT2D eigenvalue weighted by Crippen LogP contribution is -1.83. The number of nitrogens with zero attached hydrogens (tertiary/aromatic N) is 1. The van der Waals surface area contributed by atoms with E-state index in [1.54, 1.807) is 0 Å². The molecule has 0 aromatic carbocycles. The molecular weight excluding hydrogens is 98.1 g/mol. The topological polar surface area (TPSA) is 4.36 Å². The fourth-order valence-electron chi connectivity index (χ4n) is 0.907. The maximum atomic E-state index is 4.08. The van der Waals surface area contributed by atoms with Crippen LogP contribution in [-0.4, -0.2) is 6.54 Å². The van der Waals surface area contributed by atoms with E-state index in [9.17, 15) is 0 Å². The molecule has 0 spiro atoms. The smallest absolute Gasteiger partial charge is 0.0837 e. The third-order valence-electron chi connectivity index (χ3n) is 1.42. The largest absolute Gasteiger partial charge is 0.272 e. The Kier molecular flexibility index (Phi) is 2.45. The molecule has 0 atom stereocenters. The molecule has 1 heterocycles. The molecule has 0 aromatic heterocycles. The molecule has 1 aliphatic rings. The molecule has 1 aliphatic heterocycles. The number of hydrogen-bond acceptors (Lipinski definition) is 0. The van der Waals surface area contributed by atoms with Crippen LogP contribution in [0.1, 0.15) is 32.1 Å². The lowest BCUT2D eigenvalue weighted by Gasteiger charge is -1.91. The SMILES string of the molecule is C1#[N+]CCCCCC1. The predicted octanol–water partition coefficient (Wildman–Crippen LogP) is 2.28. The van der Waals surface area contributed by atoms with Gasteiger partial charge in [-0.2, -0.15) is 0 Å². The van der Waals surface area contributed by atoms with E-state index in [1.165, 1.54) is 25.7 Å². The Morgan fingerprint density at radius 3 is 2.88 bits per heavy atom. The van der Waals surface area contributed by atoms with Crippen LogP contribution in [0.4, 0.5) is 0 Å². The van der Waals surface area contributed by atoms with Gasteiger partial charge in [-0.1, -0.05) is 11.3 Å². The minimum Gasteiger partial charge on any atom is -0.0837 e. The standard InChI is InChI=1S/C7H12N/c1-2-4-6-8-7-5-3-1/h1-6H2/q+1. The van der Waals surface area contributed by atoms with Crippen molar-refractivity contribution in [2.45, 2.75) is 32.1 Å². The normalized spacial score (nSPS) is 20.0. The molecule has 1 heteroatoms. The van der Waals surface area contributed by atoms with E-state index in [-0.39, 0.29) is 0 Å². The lowest BCUT2D eigenvalue weighted by molar-refractivity contribution is 0.663. The summed E-state index contributed by atoms with van der Waals surface area (Å²) >= 11 is 0. The van der Waals surface area contributed by atoms with Gasteiger partial charge >= 0.3 is 0 Å². The van der Waals surface area contributed by atoms with E-state index >= 15 is 0 Å². The molecule has 0 saturated carbocycles. The first-order chi connectivity index (χ1) is 4.00.